The van der Waals surface area contributed by atoms with Crippen LogP contribution < -0.4 is 0 Å². The molecule has 94 valence electrons. The van der Waals surface area contributed by atoms with Gasteiger partial charge in [0.15, 0.2) is 0 Å². The second-order valence-electron chi connectivity index (χ2n) is 3.39. The SMILES string of the molecule is O=[N+]([O-])c1ccc(CSCC(O)CO)cc1F. The Morgan fingerprint density at radius 2 is 2.24 bits per heavy atom. The lowest BCUT2D eigenvalue weighted by molar-refractivity contribution is -0.387. The lowest BCUT2D eigenvalue weighted by atomic mass is 10.2. The number of rotatable bonds is 6. The van der Waals surface area contributed by atoms with Gasteiger partial charge in [0.2, 0.25) is 5.82 Å². The predicted molar refractivity (Wildman–Crippen MR) is 62.3 cm³/mol. The first-order valence-corrected chi connectivity index (χ1v) is 5.99. The van der Waals surface area contributed by atoms with Gasteiger partial charge in [-0.15, -0.1) is 0 Å². The first-order valence-electron chi connectivity index (χ1n) is 4.84. The number of nitro groups is 1. The van der Waals surface area contributed by atoms with Crippen LogP contribution in [0.25, 0.3) is 0 Å². The van der Waals surface area contributed by atoms with Crippen LogP contribution in [-0.4, -0.2) is 33.6 Å². The lowest BCUT2D eigenvalue weighted by Crippen LogP contribution is -2.14. The Hall–Kier alpha value is -1.18. The van der Waals surface area contributed by atoms with E-state index in [2.05, 4.69) is 0 Å². The minimum absolute atomic E-state index is 0.318. The Labute approximate surface area is 101 Å². The van der Waals surface area contributed by atoms with E-state index in [-0.39, 0.29) is 6.61 Å². The fraction of sp³-hybridized carbons (Fsp3) is 0.400. The van der Waals surface area contributed by atoms with E-state index in [1.54, 1.807) is 0 Å². The third-order valence-electron chi connectivity index (χ3n) is 2.00. The summed E-state index contributed by atoms with van der Waals surface area (Å²) in [6.07, 6.45) is -0.803. The van der Waals surface area contributed by atoms with Crippen molar-refractivity contribution in [3.8, 4) is 0 Å². The van der Waals surface area contributed by atoms with Gasteiger partial charge in [0.25, 0.3) is 0 Å². The van der Waals surface area contributed by atoms with E-state index in [1.165, 1.54) is 17.8 Å². The van der Waals surface area contributed by atoms with Crippen LogP contribution in [0.15, 0.2) is 18.2 Å². The number of nitro benzene ring substituents is 1. The molecule has 0 amide bonds. The monoisotopic (exact) mass is 261 g/mol. The maximum Gasteiger partial charge on any atom is 0.304 e. The molecule has 0 spiro atoms. The zero-order chi connectivity index (χ0) is 12.8. The summed E-state index contributed by atoms with van der Waals surface area (Å²) in [4.78, 5) is 9.60. The summed E-state index contributed by atoms with van der Waals surface area (Å²) < 4.78 is 13.2. The molecule has 0 aliphatic carbocycles. The van der Waals surface area contributed by atoms with Crippen molar-refractivity contribution < 1.29 is 19.5 Å². The average Bonchev–Trinajstić information content (AvgIpc) is 2.28. The Bertz CT molecular complexity index is 402. The molecule has 1 unspecified atom stereocenters. The zero-order valence-corrected chi connectivity index (χ0v) is 9.69. The first kappa shape index (κ1) is 13.9. The van der Waals surface area contributed by atoms with E-state index in [0.717, 1.165) is 12.1 Å². The van der Waals surface area contributed by atoms with Crippen molar-refractivity contribution in [3.63, 3.8) is 0 Å². The number of thioether (sulfide) groups is 1. The molecule has 0 aliphatic rings. The molecule has 1 aromatic carbocycles. The molecular weight excluding hydrogens is 249 g/mol. The van der Waals surface area contributed by atoms with Gasteiger partial charge in [-0.05, 0) is 11.6 Å². The van der Waals surface area contributed by atoms with Crippen molar-refractivity contribution in [3.05, 3.63) is 39.7 Å². The Kier molecular flexibility index (Phi) is 5.33. The summed E-state index contributed by atoms with van der Waals surface area (Å²) >= 11 is 1.32. The van der Waals surface area contributed by atoms with Crippen molar-refractivity contribution in [2.45, 2.75) is 11.9 Å². The normalized spacial score (nSPS) is 12.4. The van der Waals surface area contributed by atoms with Crippen LogP contribution in [0.3, 0.4) is 0 Å². The van der Waals surface area contributed by atoms with Gasteiger partial charge < -0.3 is 10.2 Å². The van der Waals surface area contributed by atoms with Gasteiger partial charge >= 0.3 is 5.69 Å². The van der Waals surface area contributed by atoms with E-state index >= 15 is 0 Å². The Balaban J connectivity index is 2.56. The van der Waals surface area contributed by atoms with Gasteiger partial charge in [0.1, 0.15) is 0 Å². The highest BCUT2D eigenvalue weighted by Crippen LogP contribution is 2.21. The number of aliphatic hydroxyl groups excluding tert-OH is 2. The number of halogens is 1. The van der Waals surface area contributed by atoms with Gasteiger partial charge in [-0.3, -0.25) is 10.1 Å². The minimum Gasteiger partial charge on any atom is -0.394 e. The first-order chi connectivity index (χ1) is 8.04. The molecule has 0 saturated heterocycles. The number of nitrogens with zero attached hydrogens (tertiary/aromatic N) is 1. The van der Waals surface area contributed by atoms with Gasteiger partial charge in [0, 0.05) is 17.6 Å². The molecule has 0 aliphatic heterocycles. The zero-order valence-electron chi connectivity index (χ0n) is 8.88. The van der Waals surface area contributed by atoms with Gasteiger partial charge in [0.05, 0.1) is 17.6 Å². The standard InChI is InChI=1S/C10H12FNO4S/c11-9-3-7(1-2-10(9)12(15)16)5-17-6-8(14)4-13/h1-3,8,13-14H,4-6H2. The summed E-state index contributed by atoms with van der Waals surface area (Å²) in [6, 6.07) is 3.70. The molecule has 0 aromatic heterocycles. The van der Waals surface area contributed by atoms with Crippen molar-refractivity contribution in [2.75, 3.05) is 12.4 Å². The van der Waals surface area contributed by atoms with Crippen molar-refractivity contribution in [1.82, 2.24) is 0 Å². The highest BCUT2D eigenvalue weighted by molar-refractivity contribution is 7.98. The summed E-state index contributed by atoms with van der Waals surface area (Å²) in [5.41, 5.74) is 0.0531. The molecule has 2 N–H and O–H groups in total. The van der Waals surface area contributed by atoms with Crippen LogP contribution in [0.1, 0.15) is 5.56 Å². The van der Waals surface area contributed by atoms with E-state index < -0.39 is 22.5 Å². The summed E-state index contributed by atoms with van der Waals surface area (Å²) in [7, 11) is 0. The van der Waals surface area contributed by atoms with E-state index in [4.69, 9.17) is 10.2 Å². The quantitative estimate of drug-likeness (QED) is 0.596. The topological polar surface area (TPSA) is 83.6 Å². The Morgan fingerprint density at radius 1 is 1.53 bits per heavy atom. The third-order valence-corrected chi connectivity index (χ3v) is 3.16. The number of aliphatic hydroxyl groups is 2. The third kappa shape index (κ3) is 4.29. The molecule has 0 fully saturated rings. The van der Waals surface area contributed by atoms with E-state index in [1.807, 2.05) is 0 Å². The van der Waals surface area contributed by atoms with Crippen LogP contribution in [0.4, 0.5) is 10.1 Å². The second-order valence-corrected chi connectivity index (χ2v) is 4.42. The molecule has 1 rings (SSSR count). The molecule has 5 nitrogen and oxygen atoms in total. The Morgan fingerprint density at radius 3 is 2.76 bits per heavy atom. The van der Waals surface area contributed by atoms with Gasteiger partial charge in [-0.25, -0.2) is 0 Å². The molecule has 7 heteroatoms. The molecule has 1 aromatic rings. The molecule has 0 saturated carbocycles. The van der Waals surface area contributed by atoms with Crippen molar-refractivity contribution >= 4 is 17.4 Å². The minimum atomic E-state index is -0.865. The average molecular weight is 261 g/mol. The van der Waals surface area contributed by atoms with Crippen LogP contribution in [-0.2, 0) is 5.75 Å². The van der Waals surface area contributed by atoms with Crippen molar-refractivity contribution in [1.29, 1.82) is 0 Å². The molecule has 1 atom stereocenters. The predicted octanol–water partition coefficient (Wildman–Crippen LogP) is 1.32. The van der Waals surface area contributed by atoms with Crippen LogP contribution >= 0.6 is 11.8 Å². The van der Waals surface area contributed by atoms with Crippen LogP contribution in [0, 0.1) is 15.9 Å². The highest BCUT2D eigenvalue weighted by atomic mass is 32.2. The largest absolute Gasteiger partial charge is 0.394 e. The maximum atomic E-state index is 13.2. The number of benzene rings is 1. The van der Waals surface area contributed by atoms with Crippen molar-refractivity contribution in [2.24, 2.45) is 0 Å². The molecule has 0 heterocycles. The number of hydrogen-bond acceptors (Lipinski definition) is 5. The summed E-state index contributed by atoms with van der Waals surface area (Å²) in [5.74, 6) is -0.114. The number of hydrogen-bond donors (Lipinski definition) is 2. The summed E-state index contributed by atoms with van der Waals surface area (Å²) in [6.45, 7) is -0.318. The van der Waals surface area contributed by atoms with Gasteiger partial charge in [-0.1, -0.05) is 6.07 Å². The highest BCUT2D eigenvalue weighted by Gasteiger charge is 2.13. The molecule has 17 heavy (non-hydrogen) atoms. The summed E-state index contributed by atoms with van der Waals surface area (Å²) in [5, 5.41) is 28.0. The van der Waals surface area contributed by atoms with Crippen LogP contribution in [0.5, 0.6) is 0 Å². The van der Waals surface area contributed by atoms with E-state index in [9.17, 15) is 14.5 Å². The second kappa shape index (κ2) is 6.53. The van der Waals surface area contributed by atoms with Gasteiger partial charge in [-0.2, -0.15) is 16.2 Å². The molecule has 0 bridgehead atoms. The smallest absolute Gasteiger partial charge is 0.304 e. The van der Waals surface area contributed by atoms with Crippen LogP contribution in [0.2, 0.25) is 0 Å². The van der Waals surface area contributed by atoms with E-state index in [0.29, 0.717) is 17.1 Å². The lowest BCUT2D eigenvalue weighted by Gasteiger charge is -2.06. The fourth-order valence-electron chi connectivity index (χ4n) is 1.15. The molecular formula is C10H12FNO4S. The maximum absolute atomic E-state index is 13.2. The molecule has 0 radical (unpaired) electrons. The fourth-order valence-corrected chi connectivity index (χ4v) is 2.06.